The zero-order valence-corrected chi connectivity index (χ0v) is 38.8. The first-order valence-corrected chi connectivity index (χ1v) is 24.8. The van der Waals surface area contributed by atoms with E-state index in [0.29, 0.717) is 23.4 Å². The largest absolute Gasteiger partial charge is 0.456 e. The summed E-state index contributed by atoms with van der Waals surface area (Å²) in [5, 5.41) is 8.04. The Morgan fingerprint density at radius 1 is 0.521 bits per heavy atom. The molecule has 0 bridgehead atoms. The van der Waals surface area contributed by atoms with Gasteiger partial charge in [-0.2, -0.15) is 0 Å². The summed E-state index contributed by atoms with van der Waals surface area (Å²) in [5.41, 5.74) is 16.9. The third-order valence-electron chi connectivity index (χ3n) is 15.4. The third kappa shape index (κ3) is 6.36. The minimum Gasteiger partial charge on any atom is -0.456 e. The summed E-state index contributed by atoms with van der Waals surface area (Å²) in [6.07, 6.45) is 14.2. The van der Waals surface area contributed by atoms with Crippen LogP contribution in [0.4, 0.5) is 0 Å². The molecule has 3 heterocycles. The molecule has 0 radical (unpaired) electrons. The van der Waals surface area contributed by atoms with E-state index in [2.05, 4.69) is 223 Å². The first kappa shape index (κ1) is 40.0. The maximum absolute atomic E-state index is 6.92. The summed E-state index contributed by atoms with van der Waals surface area (Å²) < 4.78 is 9.41. The van der Waals surface area contributed by atoms with E-state index in [1.54, 1.807) is 0 Å². The molecule has 5 heteroatoms. The molecule has 71 heavy (non-hydrogen) atoms. The number of aryl methyl sites for hydroxylation is 1. The number of para-hydroxylation sites is 1. The molecule has 0 saturated heterocycles. The van der Waals surface area contributed by atoms with Crippen LogP contribution in [0.25, 0.3) is 111 Å². The van der Waals surface area contributed by atoms with Crippen LogP contribution in [0.5, 0.6) is 0 Å². The van der Waals surface area contributed by atoms with Crippen molar-refractivity contribution >= 4 is 60.5 Å². The highest BCUT2D eigenvalue weighted by Crippen LogP contribution is 2.48. The number of hydrogen-bond donors (Lipinski definition) is 0. The predicted octanol–water partition coefficient (Wildman–Crippen LogP) is 16.4. The lowest BCUT2D eigenvalue weighted by Gasteiger charge is -2.23. The minimum atomic E-state index is 0.113. The van der Waals surface area contributed by atoms with E-state index in [1.165, 1.54) is 60.8 Å². The van der Waals surface area contributed by atoms with Crippen LogP contribution in [0.3, 0.4) is 0 Å². The topological polar surface area (TPSA) is 56.7 Å². The molecule has 0 amide bonds. The molecule has 3 aliphatic rings. The van der Waals surface area contributed by atoms with Crippen molar-refractivity contribution in [3.63, 3.8) is 0 Å². The van der Waals surface area contributed by atoms with Crippen molar-refractivity contribution in [2.24, 2.45) is 5.92 Å². The van der Waals surface area contributed by atoms with Crippen molar-refractivity contribution in [2.45, 2.75) is 25.2 Å². The number of aromatic nitrogens is 4. The second-order valence-electron chi connectivity index (χ2n) is 19.3. The maximum atomic E-state index is 6.92. The molecular weight excluding hydrogens is 865 g/mol. The Balaban J connectivity index is 1.04. The Labute approximate surface area is 410 Å². The highest BCUT2D eigenvalue weighted by molar-refractivity contribution is 6.12. The molecule has 0 N–H and O–H groups in total. The van der Waals surface area contributed by atoms with Gasteiger partial charge in [-0.25, -0.2) is 15.0 Å². The van der Waals surface area contributed by atoms with Gasteiger partial charge >= 0.3 is 0 Å². The Morgan fingerprint density at radius 3 is 2.11 bits per heavy atom. The van der Waals surface area contributed by atoms with Gasteiger partial charge in [0.1, 0.15) is 11.2 Å². The molecule has 15 rings (SSSR count). The third-order valence-corrected chi connectivity index (χ3v) is 15.4. The summed E-state index contributed by atoms with van der Waals surface area (Å²) in [5.74, 6) is 2.28. The van der Waals surface area contributed by atoms with Crippen molar-refractivity contribution < 1.29 is 4.42 Å². The lowest BCUT2D eigenvalue weighted by Crippen LogP contribution is -2.12. The monoisotopic (exact) mass is 908 g/mol. The number of rotatable bonds is 5. The summed E-state index contributed by atoms with van der Waals surface area (Å²) in [6.45, 7) is 0. The van der Waals surface area contributed by atoms with Crippen molar-refractivity contribution in [2.75, 3.05) is 0 Å². The van der Waals surface area contributed by atoms with Gasteiger partial charge in [0.05, 0.1) is 22.3 Å². The number of hydrogen-bond acceptors (Lipinski definition) is 4. The van der Waals surface area contributed by atoms with Crippen LogP contribution in [-0.4, -0.2) is 19.5 Å². The van der Waals surface area contributed by atoms with Gasteiger partial charge < -0.3 is 8.98 Å². The second kappa shape index (κ2) is 15.8. The number of benzene rings is 9. The van der Waals surface area contributed by atoms with Gasteiger partial charge in [-0.15, -0.1) is 0 Å². The standard InChI is InChI=1S/C66H44N4O/c1-2-16-41(17-3-1)50-33-32-42-19-9-10-25-48(42)51-28-15-30-54(62(50)51)66-68-64(67-65(69-66)52-29-14-24-40-18-8-11-26-49(40)52)47-38-59(63-53-27-12-13-31-60(53)71-61(63)39-47)70-57-36-45-22-6-4-20-43(45)34-55(57)56-35-44-21-5-7-23-46(44)37-58(56)70/h1-31,34,36-39,44,50H,32-33,35H2/t44?,50-/m1/s1. The molecular formula is C66H44N4O. The van der Waals surface area contributed by atoms with Gasteiger partial charge in [0.25, 0.3) is 0 Å². The highest BCUT2D eigenvalue weighted by Gasteiger charge is 2.31. The molecule has 9 aromatic carbocycles. The van der Waals surface area contributed by atoms with Crippen LogP contribution in [-0.2, 0) is 12.8 Å². The average molecular weight is 909 g/mol. The summed E-state index contributed by atoms with van der Waals surface area (Å²) in [7, 11) is 0. The zero-order chi connectivity index (χ0) is 46.6. The van der Waals surface area contributed by atoms with Crippen LogP contribution in [0.2, 0.25) is 0 Å². The van der Waals surface area contributed by atoms with E-state index in [1.807, 2.05) is 0 Å². The summed E-state index contributed by atoms with van der Waals surface area (Å²) >= 11 is 0. The van der Waals surface area contributed by atoms with E-state index < -0.39 is 0 Å². The van der Waals surface area contributed by atoms with Gasteiger partial charge in [0, 0.05) is 39.3 Å². The van der Waals surface area contributed by atoms with Crippen LogP contribution >= 0.6 is 0 Å². The van der Waals surface area contributed by atoms with E-state index in [-0.39, 0.29) is 5.92 Å². The van der Waals surface area contributed by atoms with Gasteiger partial charge in [0.15, 0.2) is 17.5 Å². The Morgan fingerprint density at radius 2 is 1.21 bits per heavy atom. The van der Waals surface area contributed by atoms with Crippen LogP contribution in [0.15, 0.2) is 222 Å². The molecule has 0 fully saturated rings. The Bertz CT molecular complexity index is 4280. The molecule has 334 valence electrons. The predicted molar refractivity (Wildman–Crippen MR) is 291 cm³/mol. The summed E-state index contributed by atoms with van der Waals surface area (Å²) in [6, 6.07) is 67.8. The smallest absolute Gasteiger partial charge is 0.164 e. The van der Waals surface area contributed by atoms with E-state index in [4.69, 9.17) is 19.4 Å². The van der Waals surface area contributed by atoms with Gasteiger partial charge in [-0.3, -0.25) is 0 Å². The minimum absolute atomic E-state index is 0.113. The van der Waals surface area contributed by atoms with Crippen LogP contribution in [0.1, 0.15) is 40.3 Å². The van der Waals surface area contributed by atoms with Crippen molar-refractivity contribution in [1.82, 2.24) is 19.5 Å². The Hall–Kier alpha value is -8.93. The van der Waals surface area contributed by atoms with Gasteiger partial charge in [-0.05, 0) is 116 Å². The molecule has 5 nitrogen and oxygen atoms in total. The lowest BCUT2D eigenvalue weighted by atomic mass is 9.82. The molecule has 1 unspecified atom stereocenters. The number of allylic oxidation sites excluding steroid dienone is 5. The average Bonchev–Trinajstić information content (AvgIpc) is 3.90. The van der Waals surface area contributed by atoms with Crippen LogP contribution < -0.4 is 0 Å². The SMILES string of the molecule is C1=CC2=Cc3c(c4cc5ccccc5cc4n3-c3cc(-c4nc(-c5cccc6c5[C@@H](c5ccccc5)CCc5ccccc5-6)nc(-c5cccc6ccccc56)n4)cc4oc5ccccc5c34)CC2C=C1. The molecule has 3 aromatic heterocycles. The molecule has 0 saturated carbocycles. The normalized spacial score (nSPS) is 16.0. The first-order chi connectivity index (χ1) is 35.2. The van der Waals surface area contributed by atoms with Crippen molar-refractivity contribution in [3.05, 3.63) is 246 Å². The fraction of sp³-hybridized carbons (Fsp3) is 0.0758. The number of furan rings is 1. The maximum Gasteiger partial charge on any atom is 0.164 e. The van der Waals surface area contributed by atoms with Gasteiger partial charge in [-0.1, -0.05) is 182 Å². The van der Waals surface area contributed by atoms with Gasteiger partial charge in [0.2, 0.25) is 0 Å². The van der Waals surface area contributed by atoms with Crippen LogP contribution in [0, 0.1) is 5.92 Å². The molecule has 2 atom stereocenters. The Kier molecular flexibility index (Phi) is 8.91. The van der Waals surface area contributed by atoms with E-state index >= 15 is 0 Å². The van der Waals surface area contributed by atoms with E-state index in [9.17, 15) is 0 Å². The molecule has 12 aromatic rings. The first-order valence-electron chi connectivity index (χ1n) is 24.8. The second-order valence-corrected chi connectivity index (χ2v) is 19.3. The number of fused-ring (bicyclic) bond motifs is 12. The molecule has 0 aliphatic heterocycles. The number of nitrogens with zero attached hydrogens (tertiary/aromatic N) is 4. The lowest BCUT2D eigenvalue weighted by molar-refractivity contribution is 0.669. The van der Waals surface area contributed by atoms with E-state index in [0.717, 1.165) is 79.9 Å². The highest BCUT2D eigenvalue weighted by atomic mass is 16.3. The quantitative estimate of drug-likeness (QED) is 0.173. The molecule has 3 aliphatic carbocycles. The van der Waals surface area contributed by atoms with Crippen molar-refractivity contribution in [3.8, 4) is 51.0 Å². The summed E-state index contributed by atoms with van der Waals surface area (Å²) in [4.78, 5) is 16.7. The fourth-order valence-electron chi connectivity index (χ4n) is 12.1. The zero-order valence-electron chi connectivity index (χ0n) is 38.8. The molecule has 0 spiro atoms. The van der Waals surface area contributed by atoms with Crippen molar-refractivity contribution in [1.29, 1.82) is 0 Å². The fourth-order valence-corrected chi connectivity index (χ4v) is 12.1.